The van der Waals surface area contributed by atoms with E-state index >= 15 is 0 Å². The topological polar surface area (TPSA) is 73.6 Å². The Bertz CT molecular complexity index is 618. The van der Waals surface area contributed by atoms with Crippen molar-refractivity contribution < 1.29 is 23.5 Å². The fourth-order valence-corrected chi connectivity index (χ4v) is 2.26. The van der Waals surface area contributed by atoms with Crippen LogP contribution >= 0.6 is 0 Å². The largest absolute Gasteiger partial charge is 0.460 e. The molecule has 1 aliphatic carbocycles. The van der Waals surface area contributed by atoms with Crippen molar-refractivity contribution in [3.8, 4) is 0 Å². The van der Waals surface area contributed by atoms with Gasteiger partial charge in [0.1, 0.15) is 0 Å². The predicted octanol–water partition coefficient (Wildman–Crippen LogP) is 2.87. The molecule has 0 N–H and O–H groups in total. The first-order valence-electron chi connectivity index (χ1n) is 6.61. The van der Waals surface area contributed by atoms with Gasteiger partial charge in [0.25, 0.3) is 0 Å². The average Bonchev–Trinajstić information content (AvgIpc) is 2.75. The first kappa shape index (κ1) is 14.2. The number of furan rings is 1. The van der Waals surface area contributed by atoms with Gasteiger partial charge in [0.15, 0.2) is 11.5 Å². The molecule has 0 spiro atoms. The van der Waals surface area contributed by atoms with Crippen LogP contribution in [0, 0.1) is 6.92 Å². The number of allylic oxidation sites excluding steroid dienone is 2. The zero-order valence-corrected chi connectivity index (χ0v) is 11.7. The Labute approximate surface area is 116 Å². The van der Waals surface area contributed by atoms with E-state index in [4.69, 9.17) is 9.15 Å². The molecule has 0 unspecified atom stereocenters. The normalized spacial score (nSPS) is 14.1. The quantitative estimate of drug-likeness (QED) is 0.790. The highest BCUT2D eigenvalue weighted by atomic mass is 16.5. The molecule has 0 fully saturated rings. The maximum Gasteiger partial charge on any atom is 0.374 e. The van der Waals surface area contributed by atoms with Crippen LogP contribution in [-0.2, 0) is 4.74 Å². The molecule has 0 atom stereocenters. The molecule has 106 valence electrons. The number of hydrogen-bond acceptors (Lipinski definition) is 5. The van der Waals surface area contributed by atoms with Crippen molar-refractivity contribution in [1.82, 2.24) is 0 Å². The summed E-state index contributed by atoms with van der Waals surface area (Å²) in [4.78, 5) is 36.1. The van der Waals surface area contributed by atoms with Crippen LogP contribution in [0.2, 0.25) is 0 Å². The highest BCUT2D eigenvalue weighted by Gasteiger charge is 2.34. The molecule has 0 amide bonds. The molecular weight excluding hydrogens is 260 g/mol. The third kappa shape index (κ3) is 2.19. The highest BCUT2D eigenvalue weighted by Crippen LogP contribution is 2.31. The number of rotatable bonds is 4. The summed E-state index contributed by atoms with van der Waals surface area (Å²) in [5.41, 5.74) is 1.03. The molecule has 20 heavy (non-hydrogen) atoms. The second-order valence-corrected chi connectivity index (χ2v) is 4.59. The maximum atomic E-state index is 12.3. The van der Waals surface area contributed by atoms with Crippen molar-refractivity contribution in [1.29, 1.82) is 0 Å². The van der Waals surface area contributed by atoms with Crippen LogP contribution in [0.4, 0.5) is 0 Å². The molecule has 1 heterocycles. The number of ether oxygens (including phenoxy) is 1. The van der Waals surface area contributed by atoms with E-state index < -0.39 is 5.97 Å². The van der Waals surface area contributed by atoms with Crippen LogP contribution in [0.15, 0.2) is 16.1 Å². The van der Waals surface area contributed by atoms with E-state index in [2.05, 4.69) is 0 Å². The minimum Gasteiger partial charge on any atom is -0.460 e. The van der Waals surface area contributed by atoms with Crippen molar-refractivity contribution in [3.05, 3.63) is 34.3 Å². The summed E-state index contributed by atoms with van der Waals surface area (Å²) in [5, 5.41) is 0. The van der Waals surface area contributed by atoms with Crippen molar-refractivity contribution >= 4 is 17.5 Å². The zero-order valence-electron chi connectivity index (χ0n) is 11.7. The summed E-state index contributed by atoms with van der Waals surface area (Å²) in [6, 6.07) is 0. The van der Waals surface area contributed by atoms with Crippen molar-refractivity contribution in [2.45, 2.75) is 33.6 Å². The van der Waals surface area contributed by atoms with E-state index in [1.165, 1.54) is 6.08 Å². The van der Waals surface area contributed by atoms with Gasteiger partial charge in [0, 0.05) is 11.1 Å². The van der Waals surface area contributed by atoms with Crippen LogP contribution in [-0.4, -0.2) is 24.1 Å². The number of esters is 1. The molecule has 0 saturated carbocycles. The number of Topliss-reactive ketones (excluding diaryl/α,β-unsaturated/α-hetero) is 1. The number of hydrogen-bond donors (Lipinski definition) is 0. The summed E-state index contributed by atoms with van der Waals surface area (Å²) in [6.45, 7) is 5.40. The standard InChI is InChI=1S/C15H16O5/c1-4-6-9-7-10(16)14-11(12(9)17)8(3)13(20-14)15(18)19-5-2/h7H,4-6H2,1-3H3. The van der Waals surface area contributed by atoms with Crippen LogP contribution in [0.1, 0.15) is 63.7 Å². The third-order valence-electron chi connectivity index (χ3n) is 3.17. The van der Waals surface area contributed by atoms with E-state index in [-0.39, 0.29) is 35.3 Å². The lowest BCUT2D eigenvalue weighted by Gasteiger charge is -2.10. The number of carbonyl (C=O) groups excluding carboxylic acids is 3. The molecule has 0 radical (unpaired) electrons. The molecule has 0 aliphatic heterocycles. The van der Waals surface area contributed by atoms with Crippen LogP contribution < -0.4 is 0 Å². The Balaban J connectivity index is 2.49. The van der Waals surface area contributed by atoms with Gasteiger partial charge in [-0.15, -0.1) is 0 Å². The molecule has 0 bridgehead atoms. The number of carbonyl (C=O) groups is 3. The van der Waals surface area contributed by atoms with Crippen LogP contribution in [0.3, 0.4) is 0 Å². The smallest absolute Gasteiger partial charge is 0.374 e. The summed E-state index contributed by atoms with van der Waals surface area (Å²) in [6.07, 6.45) is 2.59. The van der Waals surface area contributed by atoms with Crippen molar-refractivity contribution in [2.24, 2.45) is 0 Å². The van der Waals surface area contributed by atoms with Crippen molar-refractivity contribution in [2.75, 3.05) is 6.61 Å². The minimum atomic E-state index is -0.656. The van der Waals surface area contributed by atoms with E-state index in [1.807, 2.05) is 6.92 Å². The van der Waals surface area contributed by atoms with Gasteiger partial charge < -0.3 is 9.15 Å². The number of ketones is 2. The Morgan fingerprint density at radius 3 is 2.60 bits per heavy atom. The van der Waals surface area contributed by atoms with E-state index in [9.17, 15) is 14.4 Å². The van der Waals surface area contributed by atoms with Gasteiger partial charge in [-0.05, 0) is 26.3 Å². The van der Waals surface area contributed by atoms with Gasteiger partial charge in [-0.3, -0.25) is 9.59 Å². The molecule has 5 nitrogen and oxygen atoms in total. The highest BCUT2D eigenvalue weighted by molar-refractivity contribution is 6.24. The molecule has 0 aromatic carbocycles. The Morgan fingerprint density at radius 2 is 2.00 bits per heavy atom. The fourth-order valence-electron chi connectivity index (χ4n) is 2.26. The molecular formula is C15H16O5. The lowest BCUT2D eigenvalue weighted by Crippen LogP contribution is -2.16. The van der Waals surface area contributed by atoms with Crippen LogP contribution in [0.25, 0.3) is 0 Å². The van der Waals surface area contributed by atoms with Gasteiger partial charge in [0.05, 0.1) is 12.2 Å². The van der Waals surface area contributed by atoms with Gasteiger partial charge in [-0.2, -0.15) is 0 Å². The second-order valence-electron chi connectivity index (χ2n) is 4.59. The monoisotopic (exact) mass is 276 g/mol. The first-order valence-corrected chi connectivity index (χ1v) is 6.61. The fraction of sp³-hybridized carbons (Fsp3) is 0.400. The second kappa shape index (κ2) is 5.45. The molecule has 5 heteroatoms. The lowest BCUT2D eigenvalue weighted by atomic mass is 9.90. The predicted molar refractivity (Wildman–Crippen MR) is 71.1 cm³/mol. The van der Waals surface area contributed by atoms with Gasteiger partial charge in [-0.1, -0.05) is 13.3 Å². The number of fused-ring (bicyclic) bond motifs is 1. The minimum absolute atomic E-state index is 0.0598. The summed E-state index contributed by atoms with van der Waals surface area (Å²) >= 11 is 0. The maximum absolute atomic E-state index is 12.3. The van der Waals surface area contributed by atoms with E-state index in [0.717, 1.165) is 6.42 Å². The molecule has 1 aliphatic rings. The average molecular weight is 276 g/mol. The third-order valence-corrected chi connectivity index (χ3v) is 3.17. The van der Waals surface area contributed by atoms with Gasteiger partial charge in [-0.25, -0.2) is 4.79 Å². The first-order chi connectivity index (χ1) is 9.51. The van der Waals surface area contributed by atoms with Gasteiger partial charge in [0.2, 0.25) is 11.5 Å². The Morgan fingerprint density at radius 1 is 1.30 bits per heavy atom. The zero-order chi connectivity index (χ0) is 14.9. The molecule has 1 aromatic heterocycles. The van der Waals surface area contributed by atoms with Crippen molar-refractivity contribution in [3.63, 3.8) is 0 Å². The Hall–Kier alpha value is -2.17. The van der Waals surface area contributed by atoms with Gasteiger partial charge >= 0.3 is 5.97 Å². The summed E-state index contributed by atoms with van der Waals surface area (Å²) in [5.74, 6) is -1.39. The molecule has 1 aromatic rings. The van der Waals surface area contributed by atoms with E-state index in [1.54, 1.807) is 13.8 Å². The lowest BCUT2D eigenvalue weighted by molar-refractivity contribution is 0.0487. The summed E-state index contributed by atoms with van der Waals surface area (Å²) < 4.78 is 10.1. The molecule has 2 rings (SSSR count). The van der Waals surface area contributed by atoms with E-state index in [0.29, 0.717) is 17.6 Å². The summed E-state index contributed by atoms with van der Waals surface area (Å²) in [7, 11) is 0. The Kier molecular flexibility index (Phi) is 3.88. The molecule has 0 saturated heterocycles. The van der Waals surface area contributed by atoms with Crippen LogP contribution in [0.5, 0.6) is 0 Å². The SMILES string of the molecule is CCCC1=CC(=O)c2oc(C(=O)OCC)c(C)c2C1=O.